The van der Waals surface area contributed by atoms with Gasteiger partial charge in [-0.15, -0.1) is 0 Å². The monoisotopic (exact) mass is 381 g/mol. The fraction of sp³-hybridized carbons (Fsp3) is 0.333. The van der Waals surface area contributed by atoms with E-state index in [1.807, 2.05) is 55.1 Å². The highest BCUT2D eigenvalue weighted by Gasteiger charge is 2.26. The van der Waals surface area contributed by atoms with Crippen LogP contribution in [-0.2, 0) is 6.42 Å². The van der Waals surface area contributed by atoms with Crippen molar-refractivity contribution in [2.75, 3.05) is 19.8 Å². The average molecular weight is 381 g/mol. The molecule has 0 saturated heterocycles. The van der Waals surface area contributed by atoms with Gasteiger partial charge in [-0.3, -0.25) is 0 Å². The zero-order valence-corrected chi connectivity index (χ0v) is 16.3. The topological polar surface area (TPSA) is 98.5 Å². The number of nitrogens with zero attached hydrogens (tertiary/aromatic N) is 3. The summed E-state index contributed by atoms with van der Waals surface area (Å²) in [6, 6.07) is 16.0. The second-order valence-corrected chi connectivity index (χ2v) is 6.33. The van der Waals surface area contributed by atoms with E-state index in [4.69, 9.17) is 20.9 Å². The summed E-state index contributed by atoms with van der Waals surface area (Å²) >= 11 is 0. The van der Waals surface area contributed by atoms with Gasteiger partial charge in [0.2, 0.25) is 11.9 Å². The Balaban J connectivity index is 1.88. The van der Waals surface area contributed by atoms with E-state index in [1.54, 1.807) is 0 Å². The highest BCUT2D eigenvalue weighted by molar-refractivity contribution is 5.95. The normalized spacial score (nSPS) is 16.4. The molecule has 1 heterocycles. The number of ether oxygens (including phenoxy) is 2. The van der Waals surface area contributed by atoms with Gasteiger partial charge >= 0.3 is 0 Å². The van der Waals surface area contributed by atoms with E-state index in [-0.39, 0.29) is 12.1 Å². The van der Waals surface area contributed by atoms with Gasteiger partial charge in [-0.1, -0.05) is 36.4 Å². The van der Waals surface area contributed by atoms with Crippen molar-refractivity contribution in [2.24, 2.45) is 21.5 Å². The molecule has 0 amide bonds. The molecule has 2 aromatic carbocycles. The lowest BCUT2D eigenvalue weighted by Gasteiger charge is -2.33. The SMILES string of the molecule is CCOc1ccc(C2N=C(N)N=C(N)N2CCc2ccccc2)cc1OCC. The minimum absolute atomic E-state index is 0.172. The van der Waals surface area contributed by atoms with E-state index in [9.17, 15) is 0 Å². The van der Waals surface area contributed by atoms with Crippen LogP contribution < -0.4 is 20.9 Å². The Bertz CT molecular complexity index is 851. The Labute approximate surface area is 165 Å². The standard InChI is InChI=1S/C21H27N5O2/c1-3-27-17-11-10-16(14-18(17)28-4-2)19-24-20(22)25-21(23)26(19)13-12-15-8-6-5-7-9-15/h5-11,14,19H,3-4,12-13H2,1-2H3,(H4,22,23,24,25). The number of guanidine groups is 2. The largest absolute Gasteiger partial charge is 0.490 e. The molecule has 7 heteroatoms. The summed E-state index contributed by atoms with van der Waals surface area (Å²) in [6.45, 7) is 5.66. The van der Waals surface area contributed by atoms with E-state index < -0.39 is 0 Å². The number of hydrogen-bond donors (Lipinski definition) is 2. The van der Waals surface area contributed by atoms with Crippen molar-refractivity contribution in [1.82, 2.24) is 4.90 Å². The number of hydrogen-bond acceptors (Lipinski definition) is 7. The van der Waals surface area contributed by atoms with E-state index in [0.29, 0.717) is 37.2 Å². The van der Waals surface area contributed by atoms with E-state index in [1.165, 1.54) is 5.56 Å². The van der Waals surface area contributed by atoms with Crippen LogP contribution in [-0.4, -0.2) is 36.6 Å². The van der Waals surface area contributed by atoms with Crippen LogP contribution in [0.5, 0.6) is 11.5 Å². The molecular formula is C21H27N5O2. The Hall–Kier alpha value is -3.22. The van der Waals surface area contributed by atoms with Crippen molar-refractivity contribution in [3.05, 3.63) is 59.7 Å². The molecule has 148 valence electrons. The van der Waals surface area contributed by atoms with E-state index >= 15 is 0 Å². The van der Waals surface area contributed by atoms with Gasteiger partial charge in [-0.2, -0.15) is 4.99 Å². The first-order valence-electron chi connectivity index (χ1n) is 9.50. The van der Waals surface area contributed by atoms with Crippen molar-refractivity contribution >= 4 is 11.9 Å². The number of rotatable bonds is 8. The summed E-state index contributed by atoms with van der Waals surface area (Å²) in [7, 11) is 0. The van der Waals surface area contributed by atoms with Gasteiger partial charge in [0.05, 0.1) is 13.2 Å². The molecule has 0 radical (unpaired) electrons. The van der Waals surface area contributed by atoms with Gasteiger partial charge in [-0.05, 0) is 38.0 Å². The number of aliphatic imine (C=N–C) groups is 2. The molecule has 28 heavy (non-hydrogen) atoms. The fourth-order valence-corrected chi connectivity index (χ4v) is 3.14. The molecule has 0 aliphatic carbocycles. The predicted octanol–water partition coefficient (Wildman–Crippen LogP) is 2.67. The average Bonchev–Trinajstić information content (AvgIpc) is 2.69. The van der Waals surface area contributed by atoms with Crippen molar-refractivity contribution in [2.45, 2.75) is 26.4 Å². The lowest BCUT2D eigenvalue weighted by Crippen LogP contribution is -2.45. The van der Waals surface area contributed by atoms with Gasteiger partial charge in [0.15, 0.2) is 17.7 Å². The minimum Gasteiger partial charge on any atom is -0.490 e. The van der Waals surface area contributed by atoms with Crippen LogP contribution in [0, 0.1) is 0 Å². The molecule has 1 unspecified atom stereocenters. The first-order valence-corrected chi connectivity index (χ1v) is 9.50. The van der Waals surface area contributed by atoms with Gasteiger partial charge in [0, 0.05) is 12.1 Å². The molecule has 1 atom stereocenters. The molecule has 0 fully saturated rings. The van der Waals surface area contributed by atoms with Crippen LogP contribution in [0.3, 0.4) is 0 Å². The Morgan fingerprint density at radius 3 is 2.39 bits per heavy atom. The minimum atomic E-state index is -0.365. The number of benzene rings is 2. The lowest BCUT2D eigenvalue weighted by atomic mass is 10.1. The van der Waals surface area contributed by atoms with E-state index in [0.717, 1.165) is 12.0 Å². The van der Waals surface area contributed by atoms with Crippen molar-refractivity contribution < 1.29 is 9.47 Å². The second-order valence-electron chi connectivity index (χ2n) is 6.33. The second kappa shape index (κ2) is 9.12. The molecule has 4 N–H and O–H groups in total. The van der Waals surface area contributed by atoms with Gasteiger partial charge < -0.3 is 25.8 Å². The molecule has 0 bridgehead atoms. The van der Waals surface area contributed by atoms with Gasteiger partial charge in [0.25, 0.3) is 0 Å². The number of nitrogens with two attached hydrogens (primary N) is 2. The van der Waals surface area contributed by atoms with Crippen LogP contribution in [0.15, 0.2) is 58.5 Å². The third kappa shape index (κ3) is 4.54. The Morgan fingerprint density at radius 1 is 0.964 bits per heavy atom. The summed E-state index contributed by atoms with van der Waals surface area (Å²) in [5, 5.41) is 0. The molecule has 7 nitrogen and oxygen atoms in total. The Kier molecular flexibility index (Phi) is 6.37. The Morgan fingerprint density at radius 2 is 1.68 bits per heavy atom. The molecule has 1 aliphatic heterocycles. The van der Waals surface area contributed by atoms with Crippen molar-refractivity contribution in [1.29, 1.82) is 0 Å². The zero-order valence-electron chi connectivity index (χ0n) is 16.3. The third-order valence-electron chi connectivity index (χ3n) is 4.42. The van der Waals surface area contributed by atoms with Crippen LogP contribution in [0.2, 0.25) is 0 Å². The van der Waals surface area contributed by atoms with Gasteiger partial charge in [0.1, 0.15) is 0 Å². The van der Waals surface area contributed by atoms with E-state index in [2.05, 4.69) is 22.1 Å². The molecule has 1 aliphatic rings. The maximum Gasteiger partial charge on any atom is 0.220 e. The maximum atomic E-state index is 6.19. The summed E-state index contributed by atoms with van der Waals surface area (Å²) in [5.41, 5.74) is 14.2. The quantitative estimate of drug-likeness (QED) is 0.732. The first-order chi connectivity index (χ1) is 13.6. The highest BCUT2D eigenvalue weighted by Crippen LogP contribution is 2.34. The molecule has 0 spiro atoms. The lowest BCUT2D eigenvalue weighted by molar-refractivity contribution is 0.284. The summed E-state index contributed by atoms with van der Waals surface area (Å²) in [5.74, 6) is 1.92. The maximum absolute atomic E-state index is 6.19. The summed E-state index contributed by atoms with van der Waals surface area (Å²) in [6.07, 6.45) is 0.453. The summed E-state index contributed by atoms with van der Waals surface area (Å²) in [4.78, 5) is 10.6. The van der Waals surface area contributed by atoms with Gasteiger partial charge in [-0.25, -0.2) is 4.99 Å². The van der Waals surface area contributed by atoms with Crippen LogP contribution in [0.25, 0.3) is 0 Å². The molecule has 3 rings (SSSR count). The van der Waals surface area contributed by atoms with Crippen molar-refractivity contribution in [3.8, 4) is 11.5 Å². The molecular weight excluding hydrogens is 354 g/mol. The van der Waals surface area contributed by atoms with Crippen molar-refractivity contribution in [3.63, 3.8) is 0 Å². The summed E-state index contributed by atoms with van der Waals surface area (Å²) < 4.78 is 11.4. The molecule has 0 saturated carbocycles. The van der Waals surface area contributed by atoms with Crippen LogP contribution in [0.1, 0.15) is 31.1 Å². The third-order valence-corrected chi connectivity index (χ3v) is 4.42. The first kappa shape index (κ1) is 19.5. The fourth-order valence-electron chi connectivity index (χ4n) is 3.14. The molecule has 2 aromatic rings. The molecule has 0 aromatic heterocycles. The van der Waals surface area contributed by atoms with Crippen LogP contribution in [0.4, 0.5) is 0 Å². The predicted molar refractivity (Wildman–Crippen MR) is 112 cm³/mol. The smallest absolute Gasteiger partial charge is 0.220 e. The van der Waals surface area contributed by atoms with Crippen LogP contribution >= 0.6 is 0 Å². The zero-order chi connectivity index (χ0) is 19.9. The highest BCUT2D eigenvalue weighted by atomic mass is 16.5.